The van der Waals surface area contributed by atoms with Crippen molar-refractivity contribution in [2.24, 2.45) is 5.41 Å². The Bertz CT molecular complexity index is 998. The predicted octanol–water partition coefficient (Wildman–Crippen LogP) is 5.15. The second-order valence-electron chi connectivity index (χ2n) is 7.38. The first kappa shape index (κ1) is 21.2. The Kier molecular flexibility index (Phi) is 6.20. The summed E-state index contributed by atoms with van der Waals surface area (Å²) < 4.78 is 10.7. The number of esters is 1. The zero-order chi connectivity index (χ0) is 21.2. The summed E-state index contributed by atoms with van der Waals surface area (Å²) in [5.41, 5.74) is 2.07. The van der Waals surface area contributed by atoms with E-state index in [4.69, 9.17) is 32.7 Å². The highest BCUT2D eigenvalue weighted by molar-refractivity contribution is 6.34. The average Bonchev–Trinajstić information content (AvgIpc) is 2.98. The van der Waals surface area contributed by atoms with Gasteiger partial charge in [-0.25, -0.2) is 0 Å². The van der Waals surface area contributed by atoms with Crippen molar-refractivity contribution in [3.05, 3.63) is 63.6 Å². The molecule has 0 aliphatic carbocycles. The minimum absolute atomic E-state index is 0.146. The molecule has 1 heterocycles. The van der Waals surface area contributed by atoms with Gasteiger partial charge >= 0.3 is 5.97 Å². The van der Waals surface area contributed by atoms with Crippen LogP contribution in [0.4, 0.5) is 5.69 Å². The van der Waals surface area contributed by atoms with Crippen molar-refractivity contribution < 1.29 is 19.1 Å². The molecule has 152 valence electrons. The summed E-state index contributed by atoms with van der Waals surface area (Å²) in [6.45, 7) is 3.65. The van der Waals surface area contributed by atoms with E-state index in [1.165, 1.54) is 7.11 Å². The third kappa shape index (κ3) is 4.74. The SMILES string of the molecule is COC(=O)C(C)(C)COc1ccc(Cl)cc1C/C=C1/C(=O)Nc2cc(Cl)ccc21. The number of hydrogen-bond donors (Lipinski definition) is 1. The first-order valence-corrected chi connectivity index (χ1v) is 9.78. The molecular formula is C22H21Cl2NO4. The van der Waals surface area contributed by atoms with Crippen LogP contribution in [-0.4, -0.2) is 25.6 Å². The van der Waals surface area contributed by atoms with E-state index in [1.807, 2.05) is 12.1 Å². The molecule has 29 heavy (non-hydrogen) atoms. The van der Waals surface area contributed by atoms with Gasteiger partial charge in [0.1, 0.15) is 12.4 Å². The van der Waals surface area contributed by atoms with Crippen LogP contribution in [0.2, 0.25) is 10.0 Å². The van der Waals surface area contributed by atoms with E-state index in [0.717, 1.165) is 11.1 Å². The molecule has 1 aliphatic rings. The van der Waals surface area contributed by atoms with Gasteiger partial charge in [0.15, 0.2) is 0 Å². The molecule has 2 aromatic rings. The van der Waals surface area contributed by atoms with Crippen LogP contribution in [0.3, 0.4) is 0 Å². The number of amides is 1. The third-order valence-electron chi connectivity index (χ3n) is 4.64. The number of carbonyl (C=O) groups excluding carboxylic acids is 2. The smallest absolute Gasteiger partial charge is 0.314 e. The molecule has 0 spiro atoms. The summed E-state index contributed by atoms with van der Waals surface area (Å²) in [6.07, 6.45) is 2.26. The van der Waals surface area contributed by atoms with Crippen LogP contribution in [0, 0.1) is 5.41 Å². The zero-order valence-electron chi connectivity index (χ0n) is 16.3. The van der Waals surface area contributed by atoms with Crippen molar-refractivity contribution in [2.45, 2.75) is 20.3 Å². The number of halogens is 2. The van der Waals surface area contributed by atoms with Crippen LogP contribution in [0.15, 0.2) is 42.5 Å². The predicted molar refractivity (Wildman–Crippen MR) is 115 cm³/mol. The van der Waals surface area contributed by atoms with Gasteiger partial charge < -0.3 is 14.8 Å². The number of methoxy groups -OCH3 is 1. The number of hydrogen-bond acceptors (Lipinski definition) is 4. The number of carbonyl (C=O) groups is 2. The lowest BCUT2D eigenvalue weighted by Gasteiger charge is -2.22. The molecule has 0 bridgehead atoms. The molecule has 0 atom stereocenters. The van der Waals surface area contributed by atoms with E-state index in [2.05, 4.69) is 5.32 Å². The van der Waals surface area contributed by atoms with E-state index in [1.54, 1.807) is 44.2 Å². The summed E-state index contributed by atoms with van der Waals surface area (Å²) in [5.74, 6) is 0.0598. The fraction of sp³-hybridized carbons (Fsp3) is 0.273. The standard InChI is InChI=1S/C22H21Cl2NO4/c1-22(2,21(27)28-3)12-29-19-9-6-14(23)10-13(19)4-7-17-16-8-5-15(24)11-18(16)25-20(17)26/h5-11H,4,12H2,1-3H3,(H,25,26)/b17-7+. The topological polar surface area (TPSA) is 64.6 Å². The monoisotopic (exact) mass is 433 g/mol. The van der Waals surface area contributed by atoms with Crippen molar-refractivity contribution in [3.8, 4) is 5.75 Å². The van der Waals surface area contributed by atoms with Crippen LogP contribution in [0.25, 0.3) is 5.57 Å². The normalized spacial score (nSPS) is 14.5. The quantitative estimate of drug-likeness (QED) is 0.505. The van der Waals surface area contributed by atoms with E-state index < -0.39 is 5.41 Å². The Morgan fingerprint density at radius 1 is 1.14 bits per heavy atom. The number of anilines is 1. The molecule has 0 unspecified atom stereocenters. The molecule has 5 nitrogen and oxygen atoms in total. The summed E-state index contributed by atoms with van der Waals surface area (Å²) >= 11 is 12.2. The molecule has 3 rings (SSSR count). The van der Waals surface area contributed by atoms with E-state index in [9.17, 15) is 9.59 Å². The Morgan fingerprint density at radius 2 is 1.83 bits per heavy atom. The molecule has 2 aromatic carbocycles. The van der Waals surface area contributed by atoms with E-state index in [0.29, 0.717) is 33.5 Å². The van der Waals surface area contributed by atoms with Crippen LogP contribution >= 0.6 is 23.2 Å². The molecule has 0 radical (unpaired) electrons. The first-order chi connectivity index (χ1) is 13.7. The Morgan fingerprint density at radius 3 is 2.55 bits per heavy atom. The number of rotatable bonds is 6. The minimum Gasteiger partial charge on any atom is -0.492 e. The second-order valence-corrected chi connectivity index (χ2v) is 8.26. The van der Waals surface area contributed by atoms with Gasteiger partial charge in [0.2, 0.25) is 0 Å². The fourth-order valence-electron chi connectivity index (χ4n) is 3.02. The Balaban J connectivity index is 1.83. The van der Waals surface area contributed by atoms with Crippen molar-refractivity contribution in [2.75, 3.05) is 19.0 Å². The minimum atomic E-state index is -0.798. The maximum absolute atomic E-state index is 12.3. The molecular weight excluding hydrogens is 413 g/mol. The number of nitrogens with one attached hydrogen (secondary N) is 1. The molecule has 0 aromatic heterocycles. The maximum Gasteiger partial charge on any atom is 0.314 e. The lowest BCUT2D eigenvalue weighted by atomic mass is 9.95. The maximum atomic E-state index is 12.3. The molecule has 0 saturated heterocycles. The highest BCUT2D eigenvalue weighted by Gasteiger charge is 2.30. The van der Waals surface area contributed by atoms with Gasteiger partial charge in [-0.2, -0.15) is 0 Å². The summed E-state index contributed by atoms with van der Waals surface area (Å²) in [7, 11) is 1.35. The van der Waals surface area contributed by atoms with Crippen molar-refractivity contribution in [1.82, 2.24) is 0 Å². The molecule has 0 fully saturated rings. The number of fused-ring (bicyclic) bond motifs is 1. The highest BCUT2D eigenvalue weighted by Crippen LogP contribution is 2.35. The number of benzene rings is 2. The van der Waals surface area contributed by atoms with Gasteiger partial charge in [-0.05, 0) is 56.2 Å². The van der Waals surface area contributed by atoms with Gasteiger partial charge in [0.25, 0.3) is 5.91 Å². The van der Waals surface area contributed by atoms with Crippen molar-refractivity contribution in [3.63, 3.8) is 0 Å². The van der Waals surface area contributed by atoms with Crippen LogP contribution < -0.4 is 10.1 Å². The van der Waals surface area contributed by atoms with Gasteiger partial charge in [-0.3, -0.25) is 9.59 Å². The van der Waals surface area contributed by atoms with E-state index in [-0.39, 0.29) is 18.5 Å². The summed E-state index contributed by atoms with van der Waals surface area (Å²) in [4.78, 5) is 24.2. The number of ether oxygens (including phenoxy) is 2. The molecule has 1 aliphatic heterocycles. The lowest BCUT2D eigenvalue weighted by Crippen LogP contribution is -2.32. The van der Waals surface area contributed by atoms with Crippen LogP contribution in [0.1, 0.15) is 25.0 Å². The van der Waals surface area contributed by atoms with Crippen LogP contribution in [-0.2, 0) is 20.7 Å². The fourth-order valence-corrected chi connectivity index (χ4v) is 3.39. The molecule has 7 heteroatoms. The number of allylic oxidation sites excluding steroid dienone is 1. The molecule has 1 amide bonds. The Labute approximate surface area is 179 Å². The second kappa shape index (κ2) is 8.47. The van der Waals surface area contributed by atoms with Gasteiger partial charge in [-0.1, -0.05) is 35.3 Å². The van der Waals surface area contributed by atoms with Gasteiger partial charge in [0, 0.05) is 21.2 Å². The lowest BCUT2D eigenvalue weighted by molar-refractivity contribution is -0.152. The zero-order valence-corrected chi connectivity index (χ0v) is 17.9. The summed E-state index contributed by atoms with van der Waals surface area (Å²) in [5, 5.41) is 3.93. The summed E-state index contributed by atoms with van der Waals surface area (Å²) in [6, 6.07) is 10.5. The highest BCUT2D eigenvalue weighted by atomic mass is 35.5. The Hall–Kier alpha value is -2.50. The average molecular weight is 434 g/mol. The van der Waals surface area contributed by atoms with Gasteiger partial charge in [0.05, 0.1) is 18.2 Å². The van der Waals surface area contributed by atoms with Crippen LogP contribution in [0.5, 0.6) is 5.75 Å². The van der Waals surface area contributed by atoms with Crippen molar-refractivity contribution in [1.29, 1.82) is 0 Å². The van der Waals surface area contributed by atoms with Crippen molar-refractivity contribution >= 4 is 46.3 Å². The first-order valence-electron chi connectivity index (χ1n) is 9.02. The third-order valence-corrected chi connectivity index (χ3v) is 5.11. The van der Waals surface area contributed by atoms with Gasteiger partial charge in [-0.15, -0.1) is 0 Å². The molecule has 1 N–H and O–H groups in total. The largest absolute Gasteiger partial charge is 0.492 e. The van der Waals surface area contributed by atoms with E-state index >= 15 is 0 Å². The molecule has 0 saturated carbocycles.